The second kappa shape index (κ2) is 4.79. The first-order chi connectivity index (χ1) is 6.61. The summed E-state index contributed by atoms with van der Waals surface area (Å²) < 4.78 is 4.54. The molecule has 0 saturated carbocycles. The van der Waals surface area contributed by atoms with Gasteiger partial charge in [0.1, 0.15) is 0 Å². The lowest BCUT2D eigenvalue weighted by Crippen LogP contribution is -2.09. The predicted octanol–water partition coefficient (Wildman–Crippen LogP) is 1.22. The predicted molar refractivity (Wildman–Crippen MR) is 49.6 cm³/mol. The van der Waals surface area contributed by atoms with Gasteiger partial charge in [-0.15, -0.1) is 0 Å². The van der Waals surface area contributed by atoms with Crippen LogP contribution in [0.3, 0.4) is 0 Å². The number of carbonyl (C=O) groups excluding carboxylic acids is 1. The lowest BCUT2D eigenvalue weighted by atomic mass is 9.98. The molecule has 0 spiro atoms. The van der Waals surface area contributed by atoms with E-state index in [4.69, 9.17) is 5.11 Å². The number of hydrogen-bond acceptors (Lipinski definition) is 3. The summed E-state index contributed by atoms with van der Waals surface area (Å²) in [5.41, 5.74) is 0. The third-order valence-corrected chi connectivity index (χ3v) is 2.35. The molecule has 1 aliphatic rings. The van der Waals surface area contributed by atoms with E-state index in [0.29, 0.717) is 6.42 Å². The number of carboxylic acid groups (broad SMARTS) is 1. The van der Waals surface area contributed by atoms with Crippen molar-refractivity contribution < 1.29 is 19.4 Å². The van der Waals surface area contributed by atoms with Gasteiger partial charge in [-0.25, -0.2) is 0 Å². The molecule has 0 aromatic rings. The van der Waals surface area contributed by atoms with Gasteiger partial charge in [0.2, 0.25) is 0 Å². The zero-order valence-electron chi connectivity index (χ0n) is 8.10. The number of esters is 1. The molecule has 0 heterocycles. The smallest absolute Gasteiger partial charge is 0.306 e. The Bertz CT molecular complexity index is 257. The van der Waals surface area contributed by atoms with Crippen LogP contribution in [0.2, 0.25) is 0 Å². The summed E-state index contributed by atoms with van der Waals surface area (Å²) in [6.07, 6.45) is 5.02. The van der Waals surface area contributed by atoms with Gasteiger partial charge in [-0.05, 0) is 18.3 Å². The highest BCUT2D eigenvalue weighted by atomic mass is 16.5. The molecule has 0 radical (unpaired) electrons. The molecule has 0 bridgehead atoms. The fraction of sp³-hybridized carbons (Fsp3) is 0.600. The number of rotatable bonds is 4. The van der Waals surface area contributed by atoms with Crippen molar-refractivity contribution in [1.29, 1.82) is 0 Å². The Kier molecular flexibility index (Phi) is 3.68. The molecule has 78 valence electrons. The van der Waals surface area contributed by atoms with E-state index in [9.17, 15) is 9.59 Å². The van der Waals surface area contributed by atoms with Crippen molar-refractivity contribution in [2.24, 2.45) is 11.8 Å². The Hall–Kier alpha value is -1.32. The third kappa shape index (κ3) is 3.20. The van der Waals surface area contributed by atoms with Gasteiger partial charge in [-0.1, -0.05) is 12.2 Å². The zero-order valence-corrected chi connectivity index (χ0v) is 8.10. The molecule has 14 heavy (non-hydrogen) atoms. The fourth-order valence-corrected chi connectivity index (χ4v) is 1.68. The largest absolute Gasteiger partial charge is 0.481 e. The third-order valence-electron chi connectivity index (χ3n) is 2.35. The van der Waals surface area contributed by atoms with E-state index in [-0.39, 0.29) is 24.2 Å². The van der Waals surface area contributed by atoms with Crippen molar-refractivity contribution in [2.45, 2.75) is 19.3 Å². The van der Waals surface area contributed by atoms with Gasteiger partial charge >= 0.3 is 11.9 Å². The summed E-state index contributed by atoms with van der Waals surface area (Å²) >= 11 is 0. The quantitative estimate of drug-likeness (QED) is 0.545. The first kappa shape index (κ1) is 10.8. The van der Waals surface area contributed by atoms with E-state index in [1.807, 2.05) is 12.2 Å². The van der Waals surface area contributed by atoms with Crippen molar-refractivity contribution in [3.8, 4) is 0 Å². The molecule has 0 fully saturated rings. The summed E-state index contributed by atoms with van der Waals surface area (Å²) in [7, 11) is 1.36. The van der Waals surface area contributed by atoms with E-state index in [1.165, 1.54) is 7.11 Å². The Morgan fingerprint density at radius 2 is 1.93 bits per heavy atom. The van der Waals surface area contributed by atoms with Gasteiger partial charge in [-0.2, -0.15) is 0 Å². The Morgan fingerprint density at radius 3 is 2.43 bits per heavy atom. The molecule has 1 rings (SSSR count). The van der Waals surface area contributed by atoms with Crippen LogP contribution in [0.4, 0.5) is 0 Å². The molecule has 2 unspecified atom stereocenters. The molecule has 1 aliphatic carbocycles. The average molecular weight is 198 g/mol. The normalized spacial score (nSPS) is 24.9. The minimum Gasteiger partial charge on any atom is -0.481 e. The van der Waals surface area contributed by atoms with Crippen LogP contribution in [0.5, 0.6) is 0 Å². The minimum atomic E-state index is -0.793. The maximum Gasteiger partial charge on any atom is 0.306 e. The SMILES string of the molecule is COC(=O)CC1C=CC(CC(=O)O)C1. The molecule has 0 aromatic heterocycles. The van der Waals surface area contributed by atoms with Crippen LogP contribution in [0.15, 0.2) is 12.2 Å². The number of allylic oxidation sites excluding steroid dienone is 2. The number of hydrogen-bond donors (Lipinski definition) is 1. The molecular formula is C10H14O4. The summed E-state index contributed by atoms with van der Waals surface area (Å²) in [5, 5.41) is 8.56. The topological polar surface area (TPSA) is 63.6 Å². The van der Waals surface area contributed by atoms with E-state index in [2.05, 4.69) is 4.74 Å². The monoisotopic (exact) mass is 198 g/mol. The Balaban J connectivity index is 2.32. The first-order valence-electron chi connectivity index (χ1n) is 4.58. The van der Waals surface area contributed by atoms with Crippen LogP contribution in [0.1, 0.15) is 19.3 Å². The van der Waals surface area contributed by atoms with Gasteiger partial charge in [0.05, 0.1) is 20.0 Å². The van der Waals surface area contributed by atoms with E-state index >= 15 is 0 Å². The van der Waals surface area contributed by atoms with Crippen molar-refractivity contribution in [1.82, 2.24) is 0 Å². The molecule has 4 heteroatoms. The molecule has 1 N–H and O–H groups in total. The van der Waals surface area contributed by atoms with Gasteiger partial charge in [0, 0.05) is 0 Å². The van der Waals surface area contributed by atoms with Gasteiger partial charge in [-0.3, -0.25) is 9.59 Å². The fourth-order valence-electron chi connectivity index (χ4n) is 1.68. The van der Waals surface area contributed by atoms with Crippen LogP contribution in [-0.2, 0) is 14.3 Å². The van der Waals surface area contributed by atoms with E-state index in [1.54, 1.807) is 0 Å². The van der Waals surface area contributed by atoms with Crippen LogP contribution in [0, 0.1) is 11.8 Å². The maximum absolute atomic E-state index is 10.9. The Labute approximate surface area is 82.6 Å². The molecular weight excluding hydrogens is 184 g/mol. The zero-order chi connectivity index (χ0) is 10.6. The number of carbonyl (C=O) groups is 2. The van der Waals surface area contributed by atoms with Crippen LogP contribution >= 0.6 is 0 Å². The molecule has 4 nitrogen and oxygen atoms in total. The highest BCUT2D eigenvalue weighted by Crippen LogP contribution is 2.28. The summed E-state index contributed by atoms with van der Waals surface area (Å²) in [6, 6.07) is 0. The second-order valence-electron chi connectivity index (χ2n) is 3.52. The second-order valence-corrected chi connectivity index (χ2v) is 3.52. The molecule has 2 atom stereocenters. The standard InChI is InChI=1S/C10H14O4/c1-14-10(13)6-8-3-2-7(4-8)5-9(11)12/h2-3,7-8H,4-6H2,1H3,(H,11,12). The number of carboxylic acids is 1. The summed E-state index contributed by atoms with van der Waals surface area (Å²) in [5.74, 6) is -0.817. The van der Waals surface area contributed by atoms with Gasteiger partial charge in [0.25, 0.3) is 0 Å². The van der Waals surface area contributed by atoms with E-state index in [0.717, 1.165) is 6.42 Å². The van der Waals surface area contributed by atoms with Crippen molar-refractivity contribution in [3.63, 3.8) is 0 Å². The average Bonchev–Trinajstić information content (AvgIpc) is 2.51. The molecule has 0 amide bonds. The van der Waals surface area contributed by atoms with Crippen LogP contribution in [-0.4, -0.2) is 24.2 Å². The summed E-state index contributed by atoms with van der Waals surface area (Å²) in [6.45, 7) is 0. The lowest BCUT2D eigenvalue weighted by molar-refractivity contribution is -0.141. The number of methoxy groups -OCH3 is 1. The molecule has 0 saturated heterocycles. The van der Waals surface area contributed by atoms with Gasteiger partial charge in [0.15, 0.2) is 0 Å². The lowest BCUT2D eigenvalue weighted by Gasteiger charge is -2.08. The van der Waals surface area contributed by atoms with Crippen molar-refractivity contribution in [3.05, 3.63) is 12.2 Å². The first-order valence-corrected chi connectivity index (χ1v) is 4.58. The molecule has 0 aromatic carbocycles. The van der Waals surface area contributed by atoms with Crippen LogP contribution in [0.25, 0.3) is 0 Å². The number of aliphatic carboxylic acids is 1. The maximum atomic E-state index is 10.9. The highest BCUT2D eigenvalue weighted by Gasteiger charge is 2.22. The van der Waals surface area contributed by atoms with Crippen molar-refractivity contribution >= 4 is 11.9 Å². The van der Waals surface area contributed by atoms with E-state index < -0.39 is 5.97 Å². The molecule has 0 aliphatic heterocycles. The van der Waals surface area contributed by atoms with Gasteiger partial charge < -0.3 is 9.84 Å². The number of ether oxygens (including phenoxy) is 1. The summed E-state index contributed by atoms with van der Waals surface area (Å²) in [4.78, 5) is 21.3. The van der Waals surface area contributed by atoms with Crippen LogP contribution < -0.4 is 0 Å². The van der Waals surface area contributed by atoms with Crippen molar-refractivity contribution in [2.75, 3.05) is 7.11 Å². The highest BCUT2D eigenvalue weighted by molar-refractivity contribution is 5.70. The Morgan fingerprint density at radius 1 is 1.36 bits per heavy atom. The minimum absolute atomic E-state index is 0.0714.